The number of H-pyrrole nitrogens is 1. The zero-order valence-corrected chi connectivity index (χ0v) is 7.24. The van der Waals surface area contributed by atoms with Crippen molar-refractivity contribution < 1.29 is 20.1 Å². The van der Waals surface area contributed by atoms with Gasteiger partial charge in [0.15, 0.2) is 0 Å². The molecule has 1 aliphatic heterocycles. The maximum atomic E-state index is 9.56. The highest BCUT2D eigenvalue weighted by Gasteiger charge is 2.44. The van der Waals surface area contributed by atoms with Crippen molar-refractivity contribution in [1.82, 2.24) is 15.4 Å². The van der Waals surface area contributed by atoms with Crippen LogP contribution in [0.4, 0.5) is 0 Å². The van der Waals surface area contributed by atoms with E-state index in [1.165, 1.54) is 6.20 Å². The Kier molecular flexibility index (Phi) is 2.46. The monoisotopic (exact) mass is 201 g/mol. The van der Waals surface area contributed by atoms with Crippen molar-refractivity contribution in [3.63, 3.8) is 0 Å². The fourth-order valence-corrected chi connectivity index (χ4v) is 1.49. The van der Waals surface area contributed by atoms with Crippen LogP contribution in [0.2, 0.25) is 0 Å². The standard InChI is InChI=1S/C7H11N3O4/c11-2-4-5(12)6(13)7(14-4)3-1-8-10-9-3/h1,4-7,11-13H,2H2,(H,8,9,10)/t4-,5+,6+,7-/m1/s1. The molecule has 78 valence electrons. The number of nitrogens with zero attached hydrogens (tertiary/aromatic N) is 2. The van der Waals surface area contributed by atoms with Crippen molar-refractivity contribution in [3.05, 3.63) is 11.9 Å². The SMILES string of the molecule is OC[C@H]1O[C@H](c2cn[nH]n2)[C@@H](O)[C@H]1O. The minimum absolute atomic E-state index is 0.341. The van der Waals surface area contributed by atoms with Gasteiger partial charge in [0.25, 0.3) is 0 Å². The van der Waals surface area contributed by atoms with E-state index in [9.17, 15) is 10.2 Å². The van der Waals surface area contributed by atoms with Gasteiger partial charge in [0.05, 0.1) is 12.8 Å². The molecule has 14 heavy (non-hydrogen) atoms. The van der Waals surface area contributed by atoms with Gasteiger partial charge in [-0.15, -0.1) is 0 Å². The summed E-state index contributed by atoms with van der Waals surface area (Å²) >= 11 is 0. The molecule has 0 spiro atoms. The third kappa shape index (κ3) is 1.40. The van der Waals surface area contributed by atoms with Gasteiger partial charge in [-0.2, -0.15) is 15.4 Å². The van der Waals surface area contributed by atoms with Crippen LogP contribution in [0.25, 0.3) is 0 Å². The third-order valence-electron chi connectivity index (χ3n) is 2.27. The van der Waals surface area contributed by atoms with Crippen LogP contribution >= 0.6 is 0 Å². The molecule has 1 aromatic heterocycles. The van der Waals surface area contributed by atoms with Crippen molar-refractivity contribution in [2.45, 2.75) is 24.4 Å². The van der Waals surface area contributed by atoms with Crippen molar-refractivity contribution in [2.24, 2.45) is 0 Å². The second-order valence-corrected chi connectivity index (χ2v) is 3.15. The van der Waals surface area contributed by atoms with Crippen LogP contribution in [0, 0.1) is 0 Å². The maximum absolute atomic E-state index is 9.56. The van der Waals surface area contributed by atoms with Gasteiger partial charge in [-0.25, -0.2) is 0 Å². The Morgan fingerprint density at radius 2 is 2.21 bits per heavy atom. The van der Waals surface area contributed by atoms with Gasteiger partial charge in [-0.1, -0.05) is 0 Å². The molecule has 7 nitrogen and oxygen atoms in total. The van der Waals surface area contributed by atoms with E-state index in [1.54, 1.807) is 0 Å². The normalized spacial score (nSPS) is 37.6. The molecule has 0 aromatic carbocycles. The molecule has 0 aliphatic carbocycles. The number of nitrogens with one attached hydrogen (secondary N) is 1. The molecule has 1 fully saturated rings. The first-order chi connectivity index (χ1) is 6.74. The molecule has 0 saturated carbocycles. The highest BCUT2D eigenvalue weighted by molar-refractivity contribution is 5.05. The van der Waals surface area contributed by atoms with Crippen molar-refractivity contribution >= 4 is 0 Å². The molecule has 7 heteroatoms. The Labute approximate surface area is 79.3 Å². The lowest BCUT2D eigenvalue weighted by Gasteiger charge is -2.10. The molecular formula is C7H11N3O4. The molecule has 2 rings (SSSR count). The van der Waals surface area contributed by atoms with E-state index in [0.29, 0.717) is 5.69 Å². The van der Waals surface area contributed by atoms with E-state index in [1.807, 2.05) is 0 Å². The van der Waals surface area contributed by atoms with Crippen LogP contribution in [-0.2, 0) is 4.74 Å². The molecule has 0 amide bonds. The number of aliphatic hydroxyl groups is 3. The van der Waals surface area contributed by atoms with E-state index in [4.69, 9.17) is 9.84 Å². The van der Waals surface area contributed by atoms with Crippen molar-refractivity contribution in [2.75, 3.05) is 6.61 Å². The molecular weight excluding hydrogens is 190 g/mol. The molecule has 0 unspecified atom stereocenters. The number of ether oxygens (including phenoxy) is 1. The molecule has 1 aliphatic rings. The van der Waals surface area contributed by atoms with Crippen LogP contribution in [-0.4, -0.2) is 55.6 Å². The fraction of sp³-hybridized carbons (Fsp3) is 0.714. The van der Waals surface area contributed by atoms with Crippen molar-refractivity contribution in [1.29, 1.82) is 0 Å². The van der Waals surface area contributed by atoms with E-state index < -0.39 is 24.4 Å². The second-order valence-electron chi connectivity index (χ2n) is 3.15. The molecule has 0 bridgehead atoms. The first kappa shape index (κ1) is 9.53. The third-order valence-corrected chi connectivity index (χ3v) is 2.27. The van der Waals surface area contributed by atoms with Gasteiger partial charge >= 0.3 is 0 Å². The highest BCUT2D eigenvalue weighted by Crippen LogP contribution is 2.31. The van der Waals surface area contributed by atoms with E-state index >= 15 is 0 Å². The molecule has 4 atom stereocenters. The Morgan fingerprint density at radius 1 is 1.43 bits per heavy atom. The van der Waals surface area contributed by atoms with Crippen LogP contribution < -0.4 is 0 Å². The van der Waals surface area contributed by atoms with Gasteiger partial charge in [0, 0.05) is 0 Å². The fourth-order valence-electron chi connectivity index (χ4n) is 1.49. The molecule has 0 radical (unpaired) electrons. The average molecular weight is 201 g/mol. The van der Waals surface area contributed by atoms with Gasteiger partial charge in [0.2, 0.25) is 0 Å². The largest absolute Gasteiger partial charge is 0.394 e. The van der Waals surface area contributed by atoms with Crippen LogP contribution in [0.3, 0.4) is 0 Å². The smallest absolute Gasteiger partial charge is 0.132 e. The average Bonchev–Trinajstić information content (AvgIpc) is 2.78. The first-order valence-corrected chi connectivity index (χ1v) is 4.22. The van der Waals surface area contributed by atoms with Crippen LogP contribution in [0.1, 0.15) is 11.8 Å². The Balaban J connectivity index is 2.16. The summed E-state index contributed by atoms with van der Waals surface area (Å²) in [5.74, 6) is 0. The van der Waals surface area contributed by atoms with E-state index in [0.717, 1.165) is 0 Å². The molecule has 4 N–H and O–H groups in total. The lowest BCUT2D eigenvalue weighted by Crippen LogP contribution is -2.32. The van der Waals surface area contributed by atoms with Crippen LogP contribution in [0.15, 0.2) is 6.20 Å². The molecule has 2 heterocycles. The van der Waals surface area contributed by atoms with Crippen molar-refractivity contribution in [3.8, 4) is 0 Å². The summed E-state index contributed by atoms with van der Waals surface area (Å²) in [6, 6.07) is 0. The molecule has 1 saturated heterocycles. The first-order valence-electron chi connectivity index (χ1n) is 4.22. The molecule has 1 aromatic rings. The quantitative estimate of drug-likeness (QED) is 0.438. The second kappa shape index (κ2) is 3.62. The zero-order valence-electron chi connectivity index (χ0n) is 7.24. The minimum atomic E-state index is -1.10. The lowest BCUT2D eigenvalue weighted by atomic mass is 10.1. The number of hydrogen-bond acceptors (Lipinski definition) is 6. The van der Waals surface area contributed by atoms with Gasteiger partial charge in [0.1, 0.15) is 30.1 Å². The zero-order chi connectivity index (χ0) is 10.1. The Bertz CT molecular complexity index is 291. The minimum Gasteiger partial charge on any atom is -0.394 e. The summed E-state index contributed by atoms with van der Waals surface area (Å²) in [5, 5.41) is 37.5. The summed E-state index contributed by atoms with van der Waals surface area (Å²) in [4.78, 5) is 0. The van der Waals surface area contributed by atoms with Gasteiger partial charge in [-0.3, -0.25) is 0 Å². The lowest BCUT2D eigenvalue weighted by molar-refractivity contribution is -0.0239. The van der Waals surface area contributed by atoms with Gasteiger partial charge in [-0.05, 0) is 0 Å². The Hall–Kier alpha value is -1.02. The van der Waals surface area contributed by atoms with Gasteiger partial charge < -0.3 is 20.1 Å². The number of rotatable bonds is 2. The summed E-state index contributed by atoms with van der Waals surface area (Å²) < 4.78 is 5.21. The summed E-state index contributed by atoms with van der Waals surface area (Å²) in [7, 11) is 0. The van der Waals surface area contributed by atoms with E-state index in [2.05, 4.69) is 15.4 Å². The summed E-state index contributed by atoms with van der Waals surface area (Å²) in [5.41, 5.74) is 0.410. The predicted octanol–water partition coefficient (Wildman–Crippen LogP) is -2.04. The number of aromatic nitrogens is 3. The number of aliphatic hydroxyl groups excluding tert-OH is 3. The topological polar surface area (TPSA) is 111 Å². The van der Waals surface area contributed by atoms with E-state index in [-0.39, 0.29) is 6.61 Å². The Morgan fingerprint density at radius 3 is 2.71 bits per heavy atom. The van der Waals surface area contributed by atoms with Crippen LogP contribution in [0.5, 0.6) is 0 Å². The maximum Gasteiger partial charge on any atom is 0.132 e. The summed E-state index contributed by atoms with van der Waals surface area (Å²) in [6.07, 6.45) is -2.29. The number of hydrogen-bond donors (Lipinski definition) is 4. The highest BCUT2D eigenvalue weighted by atomic mass is 16.6. The predicted molar refractivity (Wildman–Crippen MR) is 43.1 cm³/mol. The summed E-state index contributed by atoms with van der Waals surface area (Å²) in [6.45, 7) is -0.341. The number of aromatic amines is 1.